The van der Waals surface area contributed by atoms with Crippen molar-refractivity contribution in [2.75, 3.05) is 40.8 Å². The van der Waals surface area contributed by atoms with E-state index >= 15 is 0 Å². The molecule has 1 aromatic rings. The number of hydrogen-bond donors (Lipinski definition) is 2. The predicted octanol–water partition coefficient (Wildman–Crippen LogP) is 0.998. The average molecular weight is 267 g/mol. The summed E-state index contributed by atoms with van der Waals surface area (Å²) in [6, 6.07) is 4.98. The first-order valence-corrected chi connectivity index (χ1v) is 6.59. The van der Waals surface area contributed by atoms with Gasteiger partial charge in [0.25, 0.3) is 0 Å². The SMILES string of the molecule is CNC(c1cc(F)ccc1OC)C1CNCCN1C. The van der Waals surface area contributed by atoms with Gasteiger partial charge in [-0.2, -0.15) is 0 Å². The van der Waals surface area contributed by atoms with Crippen molar-refractivity contribution in [3.8, 4) is 5.75 Å². The molecule has 1 heterocycles. The molecule has 106 valence electrons. The smallest absolute Gasteiger partial charge is 0.123 e. The largest absolute Gasteiger partial charge is 0.496 e. The van der Waals surface area contributed by atoms with E-state index in [1.165, 1.54) is 6.07 Å². The van der Waals surface area contributed by atoms with Gasteiger partial charge >= 0.3 is 0 Å². The van der Waals surface area contributed by atoms with Gasteiger partial charge in [0, 0.05) is 31.2 Å². The van der Waals surface area contributed by atoms with Gasteiger partial charge < -0.3 is 15.4 Å². The fraction of sp³-hybridized carbons (Fsp3) is 0.571. The lowest BCUT2D eigenvalue weighted by molar-refractivity contribution is 0.160. The van der Waals surface area contributed by atoms with E-state index in [1.54, 1.807) is 19.2 Å². The molecule has 1 aliphatic rings. The van der Waals surface area contributed by atoms with E-state index in [0.29, 0.717) is 0 Å². The molecule has 1 fully saturated rings. The molecule has 0 amide bonds. The second kappa shape index (κ2) is 6.32. The summed E-state index contributed by atoms with van der Waals surface area (Å²) in [5.74, 6) is 0.488. The van der Waals surface area contributed by atoms with Crippen molar-refractivity contribution in [3.05, 3.63) is 29.6 Å². The quantitative estimate of drug-likeness (QED) is 0.853. The van der Waals surface area contributed by atoms with Crippen molar-refractivity contribution in [1.29, 1.82) is 0 Å². The molecule has 0 bridgehead atoms. The summed E-state index contributed by atoms with van der Waals surface area (Å²) >= 11 is 0. The molecule has 0 aromatic heterocycles. The van der Waals surface area contributed by atoms with E-state index in [9.17, 15) is 4.39 Å². The Bertz CT molecular complexity index is 427. The van der Waals surface area contributed by atoms with E-state index in [4.69, 9.17) is 4.74 Å². The first kappa shape index (κ1) is 14.2. The number of rotatable bonds is 4. The van der Waals surface area contributed by atoms with E-state index in [0.717, 1.165) is 30.9 Å². The van der Waals surface area contributed by atoms with Crippen LogP contribution in [0.4, 0.5) is 4.39 Å². The highest BCUT2D eigenvalue weighted by Crippen LogP contribution is 2.30. The molecule has 19 heavy (non-hydrogen) atoms. The average Bonchev–Trinajstić information content (AvgIpc) is 2.42. The fourth-order valence-corrected chi connectivity index (χ4v) is 2.70. The Labute approximate surface area is 113 Å². The maximum atomic E-state index is 13.5. The lowest BCUT2D eigenvalue weighted by atomic mass is 9.96. The summed E-state index contributed by atoms with van der Waals surface area (Å²) in [6.07, 6.45) is 0. The minimum absolute atomic E-state index is 0.0310. The van der Waals surface area contributed by atoms with Crippen LogP contribution in [0.2, 0.25) is 0 Å². The second-order valence-electron chi connectivity index (χ2n) is 4.90. The maximum absolute atomic E-state index is 13.5. The van der Waals surface area contributed by atoms with Gasteiger partial charge in [-0.15, -0.1) is 0 Å². The zero-order chi connectivity index (χ0) is 13.8. The molecule has 2 N–H and O–H groups in total. The number of halogens is 1. The van der Waals surface area contributed by atoms with Crippen LogP contribution in [0, 0.1) is 5.82 Å². The predicted molar refractivity (Wildman–Crippen MR) is 74.0 cm³/mol. The molecule has 0 aliphatic carbocycles. The highest BCUT2D eigenvalue weighted by atomic mass is 19.1. The molecule has 0 spiro atoms. The van der Waals surface area contributed by atoms with Gasteiger partial charge in [0.05, 0.1) is 13.2 Å². The van der Waals surface area contributed by atoms with E-state index < -0.39 is 0 Å². The van der Waals surface area contributed by atoms with Crippen molar-refractivity contribution in [1.82, 2.24) is 15.5 Å². The standard InChI is InChI=1S/C14H22FN3O/c1-16-14(12-9-17-6-7-18(12)2)11-8-10(15)4-5-13(11)19-3/h4-5,8,12,14,16-17H,6-7,9H2,1-3H3. The van der Waals surface area contributed by atoms with Crippen molar-refractivity contribution in [3.63, 3.8) is 0 Å². The summed E-state index contributed by atoms with van der Waals surface area (Å²) in [5, 5.41) is 6.68. The Morgan fingerprint density at radius 1 is 1.53 bits per heavy atom. The summed E-state index contributed by atoms with van der Waals surface area (Å²) in [5.41, 5.74) is 0.866. The second-order valence-corrected chi connectivity index (χ2v) is 4.90. The first-order chi connectivity index (χ1) is 9.17. The normalized spacial score (nSPS) is 22.2. The van der Waals surface area contributed by atoms with Crippen LogP contribution in [0.15, 0.2) is 18.2 Å². The zero-order valence-electron chi connectivity index (χ0n) is 11.7. The molecule has 1 aliphatic heterocycles. The number of nitrogens with one attached hydrogen (secondary N) is 2. The number of methoxy groups -OCH3 is 1. The number of piperazine rings is 1. The van der Waals surface area contributed by atoms with Crippen LogP contribution >= 0.6 is 0 Å². The Hall–Kier alpha value is -1.17. The van der Waals surface area contributed by atoms with Crippen LogP contribution in [-0.2, 0) is 0 Å². The van der Waals surface area contributed by atoms with Gasteiger partial charge in [-0.05, 0) is 32.3 Å². The zero-order valence-corrected chi connectivity index (χ0v) is 11.7. The lowest BCUT2D eigenvalue weighted by Gasteiger charge is -2.38. The van der Waals surface area contributed by atoms with Crippen molar-refractivity contribution >= 4 is 0 Å². The van der Waals surface area contributed by atoms with Crippen molar-refractivity contribution < 1.29 is 9.13 Å². The van der Waals surface area contributed by atoms with Crippen LogP contribution < -0.4 is 15.4 Å². The third-order valence-corrected chi connectivity index (χ3v) is 3.78. The third kappa shape index (κ3) is 3.05. The molecule has 2 rings (SSSR count). The molecule has 0 saturated carbocycles. The Balaban J connectivity index is 2.32. The fourth-order valence-electron chi connectivity index (χ4n) is 2.70. The monoisotopic (exact) mass is 267 g/mol. The van der Waals surface area contributed by atoms with Gasteiger partial charge in [-0.25, -0.2) is 4.39 Å². The van der Waals surface area contributed by atoms with Gasteiger partial charge in [-0.3, -0.25) is 4.90 Å². The molecule has 1 saturated heterocycles. The molecule has 2 unspecified atom stereocenters. The molecular formula is C14H22FN3O. The highest BCUT2D eigenvalue weighted by molar-refractivity contribution is 5.37. The summed E-state index contributed by atoms with van der Waals surface area (Å²) in [4.78, 5) is 2.29. The molecule has 4 nitrogen and oxygen atoms in total. The van der Waals surface area contributed by atoms with E-state index in [-0.39, 0.29) is 17.9 Å². The minimum Gasteiger partial charge on any atom is -0.496 e. The molecule has 5 heteroatoms. The van der Waals surface area contributed by atoms with Crippen LogP contribution in [0.1, 0.15) is 11.6 Å². The number of hydrogen-bond acceptors (Lipinski definition) is 4. The molecular weight excluding hydrogens is 245 g/mol. The van der Waals surface area contributed by atoms with E-state index in [1.807, 2.05) is 7.05 Å². The molecule has 2 atom stereocenters. The summed E-state index contributed by atoms with van der Waals surface area (Å²) < 4.78 is 18.9. The Morgan fingerprint density at radius 2 is 2.32 bits per heavy atom. The number of benzene rings is 1. The topological polar surface area (TPSA) is 36.5 Å². The molecule has 0 radical (unpaired) electrons. The van der Waals surface area contributed by atoms with Crippen molar-refractivity contribution in [2.24, 2.45) is 0 Å². The Kier molecular flexibility index (Phi) is 4.74. The van der Waals surface area contributed by atoms with Crippen LogP contribution in [0.3, 0.4) is 0 Å². The summed E-state index contributed by atoms with van der Waals surface area (Å²) in [7, 11) is 5.62. The Morgan fingerprint density at radius 3 is 2.95 bits per heavy atom. The van der Waals surface area contributed by atoms with Gasteiger partial charge in [-0.1, -0.05) is 0 Å². The van der Waals surface area contributed by atoms with Crippen molar-refractivity contribution in [2.45, 2.75) is 12.1 Å². The lowest BCUT2D eigenvalue weighted by Crippen LogP contribution is -2.54. The number of likely N-dealkylation sites (N-methyl/N-ethyl adjacent to an activating group) is 2. The third-order valence-electron chi connectivity index (χ3n) is 3.78. The minimum atomic E-state index is -0.234. The van der Waals surface area contributed by atoms with E-state index in [2.05, 4.69) is 22.6 Å². The van der Waals surface area contributed by atoms with Gasteiger partial charge in [0.1, 0.15) is 11.6 Å². The highest BCUT2D eigenvalue weighted by Gasteiger charge is 2.29. The first-order valence-electron chi connectivity index (χ1n) is 6.59. The molecule has 1 aromatic carbocycles. The summed E-state index contributed by atoms with van der Waals surface area (Å²) in [6.45, 7) is 2.85. The maximum Gasteiger partial charge on any atom is 0.123 e. The number of ether oxygens (including phenoxy) is 1. The van der Waals surface area contributed by atoms with Gasteiger partial charge in [0.2, 0.25) is 0 Å². The van der Waals surface area contributed by atoms with Crippen LogP contribution in [0.25, 0.3) is 0 Å². The number of nitrogens with zero attached hydrogens (tertiary/aromatic N) is 1. The van der Waals surface area contributed by atoms with Crippen LogP contribution in [0.5, 0.6) is 5.75 Å². The van der Waals surface area contributed by atoms with Crippen LogP contribution in [-0.4, -0.2) is 51.8 Å². The van der Waals surface area contributed by atoms with Gasteiger partial charge in [0.15, 0.2) is 0 Å².